The Kier molecular flexibility index (Phi) is 5.01. The molecule has 0 aromatic carbocycles. The van der Waals surface area contributed by atoms with Gasteiger partial charge in [0.25, 0.3) is 0 Å². The molecule has 90 valence electrons. The molecule has 0 aromatic heterocycles. The first-order chi connectivity index (χ1) is 7.56. The van der Waals surface area contributed by atoms with Crippen molar-refractivity contribution in [2.45, 2.75) is 40.5 Å². The summed E-state index contributed by atoms with van der Waals surface area (Å²) in [6.07, 6.45) is 7.00. The van der Waals surface area contributed by atoms with Crippen molar-refractivity contribution >= 4 is 0 Å². The van der Waals surface area contributed by atoms with Crippen molar-refractivity contribution in [3.8, 4) is 0 Å². The summed E-state index contributed by atoms with van der Waals surface area (Å²) in [6.45, 7) is 11.1. The van der Waals surface area contributed by atoms with Crippen LogP contribution in [0, 0.1) is 0 Å². The zero-order valence-corrected chi connectivity index (χ0v) is 11.4. The number of hydrogen-bond donors (Lipinski definition) is 0. The highest BCUT2D eigenvalue weighted by atomic mass is 15.1. The quantitative estimate of drug-likeness (QED) is 0.647. The maximum atomic E-state index is 2.39. The van der Waals surface area contributed by atoms with Crippen LogP contribution in [0.4, 0.5) is 0 Å². The number of rotatable bonds is 4. The molecule has 0 bridgehead atoms. The topological polar surface area (TPSA) is 3.24 Å². The number of allylic oxidation sites excluding steroid dienone is 3. The lowest BCUT2D eigenvalue weighted by atomic mass is 10.0. The smallest absolute Gasteiger partial charge is 0.0234 e. The van der Waals surface area contributed by atoms with Gasteiger partial charge in [0.05, 0.1) is 0 Å². The van der Waals surface area contributed by atoms with Gasteiger partial charge in [-0.3, -0.25) is 4.90 Å². The van der Waals surface area contributed by atoms with Crippen LogP contribution in [0.5, 0.6) is 0 Å². The summed E-state index contributed by atoms with van der Waals surface area (Å²) in [5.74, 6) is 0. The minimum absolute atomic E-state index is 1.11. The largest absolute Gasteiger partial charge is 0.298 e. The first kappa shape index (κ1) is 13.2. The predicted molar refractivity (Wildman–Crippen MR) is 72.6 cm³/mol. The molecule has 16 heavy (non-hydrogen) atoms. The fraction of sp³-hybridized carbons (Fsp3) is 0.600. The van der Waals surface area contributed by atoms with Crippen molar-refractivity contribution in [2.24, 2.45) is 0 Å². The van der Waals surface area contributed by atoms with Gasteiger partial charge in [0.15, 0.2) is 0 Å². The van der Waals surface area contributed by atoms with Gasteiger partial charge < -0.3 is 0 Å². The van der Waals surface area contributed by atoms with E-state index in [1.54, 1.807) is 0 Å². The van der Waals surface area contributed by atoms with Gasteiger partial charge in [-0.2, -0.15) is 0 Å². The summed E-state index contributed by atoms with van der Waals surface area (Å²) in [4.78, 5) is 2.37. The maximum Gasteiger partial charge on any atom is 0.0234 e. The second-order valence-electron chi connectivity index (χ2n) is 4.89. The molecule has 0 fully saturated rings. The molecule has 0 radical (unpaired) electrons. The Hall–Kier alpha value is -0.820. The molecular formula is C15H25N. The molecule has 0 aliphatic carbocycles. The number of likely N-dealkylation sites (N-methyl/N-ethyl adjacent to an activating group) is 1. The van der Waals surface area contributed by atoms with Gasteiger partial charge in [-0.25, -0.2) is 0 Å². The van der Waals surface area contributed by atoms with Gasteiger partial charge in [-0.1, -0.05) is 37.1 Å². The molecule has 1 heterocycles. The maximum absolute atomic E-state index is 2.39. The van der Waals surface area contributed by atoms with Gasteiger partial charge in [-0.05, 0) is 44.9 Å². The Morgan fingerprint density at radius 2 is 1.94 bits per heavy atom. The molecule has 0 saturated carbocycles. The monoisotopic (exact) mass is 219 g/mol. The molecular weight excluding hydrogens is 194 g/mol. The normalized spacial score (nSPS) is 19.8. The molecule has 1 nitrogen and oxygen atoms in total. The molecule has 1 heteroatoms. The van der Waals surface area contributed by atoms with E-state index >= 15 is 0 Å². The lowest BCUT2D eigenvalue weighted by molar-refractivity contribution is 0.426. The summed E-state index contributed by atoms with van der Waals surface area (Å²) >= 11 is 0. The summed E-state index contributed by atoms with van der Waals surface area (Å²) in [6, 6.07) is 0. The molecule has 1 rings (SSSR count). The second kappa shape index (κ2) is 6.05. The Bertz CT molecular complexity index is 331. The first-order valence-electron chi connectivity index (χ1n) is 6.31. The predicted octanol–water partition coefficient (Wildman–Crippen LogP) is 3.94. The molecule has 0 N–H and O–H groups in total. The van der Waals surface area contributed by atoms with Crippen LogP contribution < -0.4 is 0 Å². The van der Waals surface area contributed by atoms with Gasteiger partial charge in [0.1, 0.15) is 0 Å². The third-order valence-electron chi connectivity index (χ3n) is 3.25. The van der Waals surface area contributed by atoms with Crippen molar-refractivity contribution in [3.05, 3.63) is 34.4 Å². The second-order valence-corrected chi connectivity index (χ2v) is 4.89. The Morgan fingerprint density at radius 1 is 1.25 bits per heavy atom. The average molecular weight is 219 g/mol. The van der Waals surface area contributed by atoms with E-state index in [0.29, 0.717) is 0 Å². The molecule has 1 aliphatic heterocycles. The van der Waals surface area contributed by atoms with Gasteiger partial charge in [0.2, 0.25) is 0 Å². The lowest BCUT2D eigenvalue weighted by Gasteiger charge is -2.06. The van der Waals surface area contributed by atoms with Crippen LogP contribution in [0.2, 0.25) is 0 Å². The van der Waals surface area contributed by atoms with Crippen molar-refractivity contribution in [3.63, 3.8) is 0 Å². The number of nitrogens with zero attached hydrogens (tertiary/aromatic N) is 1. The van der Waals surface area contributed by atoms with Crippen molar-refractivity contribution in [1.29, 1.82) is 0 Å². The molecule has 0 atom stereocenters. The minimum Gasteiger partial charge on any atom is -0.298 e. The molecule has 0 amide bonds. The SMILES string of the molecule is CC/C(C)=C\C(=C/C1=C(C)CN(C)C1)CC. The van der Waals surface area contributed by atoms with Crippen LogP contribution in [-0.2, 0) is 0 Å². The van der Waals surface area contributed by atoms with Crippen molar-refractivity contribution in [1.82, 2.24) is 4.90 Å². The third kappa shape index (κ3) is 3.64. The highest BCUT2D eigenvalue weighted by Crippen LogP contribution is 2.20. The zero-order chi connectivity index (χ0) is 12.1. The highest BCUT2D eigenvalue weighted by molar-refractivity contribution is 5.37. The van der Waals surface area contributed by atoms with Crippen LogP contribution in [0.15, 0.2) is 34.4 Å². The van der Waals surface area contributed by atoms with E-state index in [1.807, 2.05) is 0 Å². The van der Waals surface area contributed by atoms with E-state index in [-0.39, 0.29) is 0 Å². The number of hydrogen-bond acceptors (Lipinski definition) is 1. The van der Waals surface area contributed by atoms with Gasteiger partial charge in [0, 0.05) is 13.1 Å². The lowest BCUT2D eigenvalue weighted by Crippen LogP contribution is -2.14. The van der Waals surface area contributed by atoms with E-state index in [0.717, 1.165) is 25.9 Å². The fourth-order valence-corrected chi connectivity index (χ4v) is 2.05. The molecule has 0 spiro atoms. The Labute approximate surface area is 101 Å². The summed E-state index contributed by atoms with van der Waals surface area (Å²) < 4.78 is 0. The van der Waals surface area contributed by atoms with Crippen LogP contribution >= 0.6 is 0 Å². The molecule has 1 aliphatic rings. The van der Waals surface area contributed by atoms with E-state index < -0.39 is 0 Å². The standard InChI is InChI=1S/C15H25N/c1-6-12(3)8-14(7-2)9-15-11-16(5)10-13(15)4/h8-9H,6-7,10-11H2,1-5H3/b12-8-,14-9-. The van der Waals surface area contributed by atoms with Gasteiger partial charge in [-0.15, -0.1) is 0 Å². The summed E-state index contributed by atoms with van der Waals surface area (Å²) in [5.41, 5.74) is 5.97. The summed E-state index contributed by atoms with van der Waals surface area (Å²) in [7, 11) is 2.18. The fourth-order valence-electron chi connectivity index (χ4n) is 2.05. The first-order valence-corrected chi connectivity index (χ1v) is 6.31. The van der Waals surface area contributed by atoms with Crippen LogP contribution in [-0.4, -0.2) is 25.0 Å². The van der Waals surface area contributed by atoms with Gasteiger partial charge >= 0.3 is 0 Å². The Morgan fingerprint density at radius 3 is 2.38 bits per heavy atom. The Balaban J connectivity index is 2.85. The molecule has 0 aromatic rings. The third-order valence-corrected chi connectivity index (χ3v) is 3.25. The summed E-state index contributed by atoms with van der Waals surface area (Å²) in [5, 5.41) is 0. The van der Waals surface area contributed by atoms with Crippen LogP contribution in [0.1, 0.15) is 40.5 Å². The van der Waals surface area contributed by atoms with Crippen molar-refractivity contribution in [2.75, 3.05) is 20.1 Å². The highest BCUT2D eigenvalue weighted by Gasteiger charge is 2.13. The minimum atomic E-state index is 1.11. The van der Waals surface area contributed by atoms with Crippen molar-refractivity contribution < 1.29 is 0 Å². The van der Waals surface area contributed by atoms with E-state index in [9.17, 15) is 0 Å². The molecule has 0 unspecified atom stereocenters. The molecule has 0 saturated heterocycles. The average Bonchev–Trinajstić information content (AvgIpc) is 2.56. The van der Waals surface area contributed by atoms with E-state index in [2.05, 4.69) is 51.8 Å². The van der Waals surface area contributed by atoms with E-state index in [4.69, 9.17) is 0 Å². The zero-order valence-electron chi connectivity index (χ0n) is 11.4. The van der Waals surface area contributed by atoms with E-state index in [1.165, 1.54) is 22.3 Å². The van der Waals surface area contributed by atoms with Crippen LogP contribution in [0.25, 0.3) is 0 Å². The van der Waals surface area contributed by atoms with Crippen LogP contribution in [0.3, 0.4) is 0 Å².